The lowest BCUT2D eigenvalue weighted by Gasteiger charge is -2.38. The second-order valence-corrected chi connectivity index (χ2v) is 5.76. The minimum absolute atomic E-state index is 0.0159. The van der Waals surface area contributed by atoms with Crippen LogP contribution in [0.15, 0.2) is 0 Å². The van der Waals surface area contributed by atoms with Crippen molar-refractivity contribution in [2.24, 2.45) is 11.8 Å². The number of ether oxygens (including phenoxy) is 1. The molecule has 0 radical (unpaired) electrons. The number of hydrogen-bond donors (Lipinski definition) is 1. The maximum Gasteiger partial charge on any atom is 0.391 e. The van der Waals surface area contributed by atoms with Crippen molar-refractivity contribution in [3.63, 3.8) is 0 Å². The van der Waals surface area contributed by atoms with Gasteiger partial charge >= 0.3 is 12.1 Å². The van der Waals surface area contributed by atoms with Crippen molar-refractivity contribution in [2.45, 2.75) is 43.9 Å². The minimum atomic E-state index is -4.11. The number of carboxylic acids is 1. The van der Waals surface area contributed by atoms with Gasteiger partial charge in [-0.05, 0) is 32.7 Å². The van der Waals surface area contributed by atoms with E-state index in [0.717, 1.165) is 0 Å². The fraction of sp³-hybridized carbons (Fsp3) is 0.923. The van der Waals surface area contributed by atoms with Crippen molar-refractivity contribution in [3.8, 4) is 0 Å². The summed E-state index contributed by atoms with van der Waals surface area (Å²) in [7, 11) is 1.80. The van der Waals surface area contributed by atoms with E-state index in [1.54, 1.807) is 7.05 Å². The lowest BCUT2D eigenvalue weighted by Crippen LogP contribution is -2.48. The Morgan fingerprint density at radius 1 is 1.20 bits per heavy atom. The zero-order valence-corrected chi connectivity index (χ0v) is 11.4. The fourth-order valence-electron chi connectivity index (χ4n) is 3.26. The van der Waals surface area contributed by atoms with Crippen LogP contribution in [0.1, 0.15) is 25.7 Å². The minimum Gasteiger partial charge on any atom is -0.481 e. The van der Waals surface area contributed by atoms with Gasteiger partial charge in [-0.2, -0.15) is 13.2 Å². The van der Waals surface area contributed by atoms with Gasteiger partial charge in [0.15, 0.2) is 0 Å². The lowest BCUT2D eigenvalue weighted by atomic mass is 9.84. The van der Waals surface area contributed by atoms with E-state index in [2.05, 4.69) is 0 Å². The SMILES string of the molecule is CN(C1CCC(C(F)(F)F)CC1)C1COCC1C(=O)O. The van der Waals surface area contributed by atoms with E-state index in [1.807, 2.05) is 4.90 Å². The number of likely N-dealkylation sites (N-methyl/N-ethyl adjacent to an activating group) is 1. The molecule has 1 aliphatic carbocycles. The molecule has 0 bridgehead atoms. The number of halogens is 3. The van der Waals surface area contributed by atoms with Gasteiger partial charge in [0.05, 0.1) is 25.0 Å². The Morgan fingerprint density at radius 2 is 1.80 bits per heavy atom. The normalized spacial score (nSPS) is 35.5. The van der Waals surface area contributed by atoms with Crippen molar-refractivity contribution in [1.82, 2.24) is 4.90 Å². The molecule has 1 saturated heterocycles. The summed E-state index contributed by atoms with van der Waals surface area (Å²) < 4.78 is 43.1. The Kier molecular flexibility index (Phi) is 4.59. The number of nitrogens with zero attached hydrogens (tertiary/aromatic N) is 1. The second kappa shape index (κ2) is 5.89. The molecule has 7 heteroatoms. The van der Waals surface area contributed by atoms with Crippen molar-refractivity contribution >= 4 is 5.97 Å². The van der Waals surface area contributed by atoms with Gasteiger partial charge in [0, 0.05) is 12.1 Å². The van der Waals surface area contributed by atoms with Gasteiger partial charge < -0.3 is 9.84 Å². The van der Waals surface area contributed by atoms with Crippen LogP contribution in [-0.2, 0) is 9.53 Å². The molecule has 4 nitrogen and oxygen atoms in total. The van der Waals surface area contributed by atoms with Gasteiger partial charge in [-0.1, -0.05) is 0 Å². The lowest BCUT2D eigenvalue weighted by molar-refractivity contribution is -0.184. The highest BCUT2D eigenvalue weighted by Gasteiger charge is 2.44. The summed E-state index contributed by atoms with van der Waals surface area (Å²) in [4.78, 5) is 13.0. The quantitative estimate of drug-likeness (QED) is 0.866. The predicted octanol–water partition coefficient (Wildman–Crippen LogP) is 2.14. The number of aliphatic carboxylic acids is 1. The van der Waals surface area contributed by atoms with Gasteiger partial charge in [-0.25, -0.2) is 0 Å². The van der Waals surface area contributed by atoms with E-state index in [4.69, 9.17) is 9.84 Å². The molecule has 0 spiro atoms. The Hall–Kier alpha value is -0.820. The molecule has 0 amide bonds. The molecule has 0 aromatic heterocycles. The molecular weight excluding hydrogens is 275 g/mol. The Morgan fingerprint density at radius 3 is 2.30 bits per heavy atom. The standard InChI is InChI=1S/C13H20F3NO3/c1-17(11-7-20-6-10(11)12(18)19)9-4-2-8(3-5-9)13(14,15)16/h8-11H,2-7H2,1H3,(H,18,19). The Labute approximate surface area is 115 Å². The highest BCUT2D eigenvalue weighted by atomic mass is 19.4. The second-order valence-electron chi connectivity index (χ2n) is 5.76. The first-order valence-electron chi connectivity index (χ1n) is 6.90. The molecule has 2 unspecified atom stereocenters. The summed E-state index contributed by atoms with van der Waals surface area (Å²) in [5.74, 6) is -2.69. The first-order chi connectivity index (χ1) is 9.30. The molecular formula is C13H20F3NO3. The zero-order chi connectivity index (χ0) is 14.9. The third kappa shape index (κ3) is 3.25. The monoisotopic (exact) mass is 295 g/mol. The van der Waals surface area contributed by atoms with Crippen LogP contribution in [0.4, 0.5) is 13.2 Å². The van der Waals surface area contributed by atoms with Crippen LogP contribution in [0.2, 0.25) is 0 Å². The van der Waals surface area contributed by atoms with Gasteiger partial charge in [-0.15, -0.1) is 0 Å². The summed E-state index contributed by atoms with van der Waals surface area (Å²) in [6.45, 7) is 0.523. The maximum absolute atomic E-state index is 12.6. The molecule has 2 aliphatic rings. The van der Waals surface area contributed by atoms with Crippen molar-refractivity contribution in [1.29, 1.82) is 0 Å². The Bertz CT molecular complexity index is 353. The van der Waals surface area contributed by atoms with Gasteiger partial charge in [0.1, 0.15) is 0 Å². The van der Waals surface area contributed by atoms with Crippen LogP contribution in [0.3, 0.4) is 0 Å². The van der Waals surface area contributed by atoms with Crippen LogP contribution in [0.25, 0.3) is 0 Å². The topological polar surface area (TPSA) is 49.8 Å². The largest absolute Gasteiger partial charge is 0.481 e. The van der Waals surface area contributed by atoms with E-state index >= 15 is 0 Å². The van der Waals surface area contributed by atoms with Gasteiger partial charge in [0.2, 0.25) is 0 Å². The van der Waals surface area contributed by atoms with Crippen LogP contribution in [0, 0.1) is 11.8 Å². The van der Waals surface area contributed by atoms with E-state index in [9.17, 15) is 18.0 Å². The highest BCUT2D eigenvalue weighted by Crippen LogP contribution is 2.39. The van der Waals surface area contributed by atoms with Crippen LogP contribution >= 0.6 is 0 Å². The number of carbonyl (C=O) groups is 1. The van der Waals surface area contributed by atoms with Crippen LogP contribution < -0.4 is 0 Å². The predicted molar refractivity (Wildman–Crippen MR) is 65.3 cm³/mol. The number of hydrogen-bond acceptors (Lipinski definition) is 3. The molecule has 1 heterocycles. The molecule has 116 valence electrons. The van der Waals surface area contributed by atoms with Crippen LogP contribution in [0.5, 0.6) is 0 Å². The van der Waals surface area contributed by atoms with Crippen molar-refractivity contribution in [2.75, 3.05) is 20.3 Å². The van der Waals surface area contributed by atoms with Crippen molar-refractivity contribution in [3.05, 3.63) is 0 Å². The summed E-state index contributed by atoms with van der Waals surface area (Å²) in [5, 5.41) is 9.12. The molecule has 1 N–H and O–H groups in total. The average molecular weight is 295 g/mol. The summed E-state index contributed by atoms with van der Waals surface area (Å²) in [5.41, 5.74) is 0. The van der Waals surface area contributed by atoms with Gasteiger partial charge in [0.25, 0.3) is 0 Å². The van der Waals surface area contributed by atoms with E-state index in [-0.39, 0.29) is 31.5 Å². The number of carboxylic acid groups (broad SMARTS) is 1. The van der Waals surface area contributed by atoms with Crippen molar-refractivity contribution < 1.29 is 27.8 Å². The fourth-order valence-corrected chi connectivity index (χ4v) is 3.26. The summed E-state index contributed by atoms with van der Waals surface area (Å²) in [6.07, 6.45) is -2.93. The number of rotatable bonds is 3. The molecule has 0 aromatic rings. The molecule has 2 fully saturated rings. The molecule has 0 aromatic carbocycles. The molecule has 1 aliphatic heterocycles. The molecule has 2 atom stereocenters. The molecule has 20 heavy (non-hydrogen) atoms. The molecule has 1 saturated carbocycles. The van der Waals surface area contributed by atoms with E-state index < -0.39 is 24.0 Å². The van der Waals surface area contributed by atoms with E-state index in [0.29, 0.717) is 19.4 Å². The Balaban J connectivity index is 1.91. The first-order valence-corrected chi connectivity index (χ1v) is 6.90. The maximum atomic E-state index is 12.6. The van der Waals surface area contributed by atoms with E-state index in [1.165, 1.54) is 0 Å². The summed E-state index contributed by atoms with van der Waals surface area (Å²) >= 11 is 0. The zero-order valence-electron chi connectivity index (χ0n) is 11.4. The van der Waals surface area contributed by atoms with Gasteiger partial charge in [-0.3, -0.25) is 9.69 Å². The first kappa shape index (κ1) is 15.6. The smallest absolute Gasteiger partial charge is 0.391 e. The third-order valence-electron chi connectivity index (χ3n) is 4.63. The summed E-state index contributed by atoms with van der Waals surface area (Å²) in [6, 6.07) is -0.220. The highest BCUT2D eigenvalue weighted by molar-refractivity contribution is 5.71. The number of alkyl halides is 3. The van der Waals surface area contributed by atoms with Crippen LogP contribution in [-0.4, -0.2) is 54.5 Å². The third-order valence-corrected chi connectivity index (χ3v) is 4.63. The molecule has 2 rings (SSSR count). The average Bonchev–Trinajstić information content (AvgIpc) is 2.86.